The second-order valence-electron chi connectivity index (χ2n) is 6.69. The van der Waals surface area contributed by atoms with Crippen LogP contribution in [0.25, 0.3) is 0 Å². The highest BCUT2D eigenvalue weighted by Crippen LogP contribution is 2.44. The number of hydrogen-bond donors (Lipinski definition) is 1. The van der Waals surface area contributed by atoms with E-state index in [1.807, 2.05) is 30.3 Å². The van der Waals surface area contributed by atoms with Gasteiger partial charge in [0, 0.05) is 5.57 Å². The number of ether oxygens (including phenoxy) is 2. The Morgan fingerprint density at radius 1 is 1.17 bits per heavy atom. The molecule has 1 aromatic rings. The number of aliphatic hydroxyl groups is 1. The first-order chi connectivity index (χ1) is 11.2. The van der Waals surface area contributed by atoms with Crippen molar-refractivity contribution in [3.63, 3.8) is 0 Å². The van der Waals surface area contributed by atoms with Gasteiger partial charge in [-0.2, -0.15) is 0 Å². The average Bonchev–Trinajstić information content (AvgIpc) is 2.55. The second-order valence-corrected chi connectivity index (χ2v) is 6.69. The van der Waals surface area contributed by atoms with E-state index in [1.165, 1.54) is 6.92 Å². The highest BCUT2D eigenvalue weighted by Gasteiger charge is 2.43. The minimum absolute atomic E-state index is 0.231. The molecule has 0 amide bonds. The lowest BCUT2D eigenvalue weighted by molar-refractivity contribution is -0.178. The third kappa shape index (κ3) is 4.45. The molecule has 5 heteroatoms. The molecule has 1 saturated carbocycles. The summed E-state index contributed by atoms with van der Waals surface area (Å²) in [6.07, 6.45) is 2.09. The van der Waals surface area contributed by atoms with Crippen LogP contribution in [-0.4, -0.2) is 29.3 Å². The minimum atomic E-state index is -0.795. The van der Waals surface area contributed by atoms with E-state index in [-0.39, 0.29) is 5.57 Å². The van der Waals surface area contributed by atoms with E-state index in [2.05, 4.69) is 6.58 Å². The summed E-state index contributed by atoms with van der Waals surface area (Å²) in [6.45, 7) is 6.33. The van der Waals surface area contributed by atoms with Crippen LogP contribution < -0.4 is 0 Å². The molecule has 1 aliphatic carbocycles. The van der Waals surface area contributed by atoms with Gasteiger partial charge in [-0.05, 0) is 45.1 Å². The minimum Gasteiger partial charge on any atom is -0.452 e. The van der Waals surface area contributed by atoms with Crippen LogP contribution in [0, 0.1) is 0 Å². The van der Waals surface area contributed by atoms with Gasteiger partial charge in [0.2, 0.25) is 0 Å². The van der Waals surface area contributed by atoms with Crippen molar-refractivity contribution >= 4 is 11.9 Å². The molecular formula is C19H24O5. The highest BCUT2D eigenvalue weighted by atomic mass is 16.6. The Morgan fingerprint density at radius 2 is 1.75 bits per heavy atom. The topological polar surface area (TPSA) is 72.8 Å². The zero-order valence-electron chi connectivity index (χ0n) is 14.2. The first-order valence-corrected chi connectivity index (χ1v) is 8.06. The third-order valence-electron chi connectivity index (χ3n) is 4.41. The molecule has 0 spiro atoms. The first kappa shape index (κ1) is 18.2. The lowest BCUT2D eigenvalue weighted by atomic mass is 9.73. The molecule has 0 saturated heterocycles. The molecule has 24 heavy (non-hydrogen) atoms. The summed E-state index contributed by atoms with van der Waals surface area (Å²) in [5.41, 5.74) is -0.429. The molecule has 0 aliphatic heterocycles. The molecule has 0 heterocycles. The van der Waals surface area contributed by atoms with Crippen LogP contribution in [0.3, 0.4) is 0 Å². The van der Waals surface area contributed by atoms with Crippen LogP contribution >= 0.6 is 0 Å². The smallest absolute Gasteiger partial charge is 0.345 e. The van der Waals surface area contributed by atoms with Crippen molar-refractivity contribution in [3.05, 3.63) is 48.0 Å². The van der Waals surface area contributed by atoms with Crippen LogP contribution in [-0.2, 0) is 24.7 Å². The van der Waals surface area contributed by atoms with E-state index in [9.17, 15) is 14.7 Å². The van der Waals surface area contributed by atoms with Crippen molar-refractivity contribution in [1.29, 1.82) is 0 Å². The number of esters is 2. The number of hydrogen-bond acceptors (Lipinski definition) is 5. The van der Waals surface area contributed by atoms with Gasteiger partial charge in [0.25, 0.3) is 0 Å². The van der Waals surface area contributed by atoms with E-state index in [0.29, 0.717) is 25.7 Å². The van der Waals surface area contributed by atoms with Crippen LogP contribution in [0.5, 0.6) is 0 Å². The lowest BCUT2D eigenvalue weighted by Gasteiger charge is -2.42. The van der Waals surface area contributed by atoms with Gasteiger partial charge in [0.1, 0.15) is 5.60 Å². The molecule has 5 nitrogen and oxygen atoms in total. The largest absolute Gasteiger partial charge is 0.452 e. The average molecular weight is 332 g/mol. The third-order valence-corrected chi connectivity index (χ3v) is 4.41. The monoisotopic (exact) mass is 332 g/mol. The molecular weight excluding hydrogens is 308 g/mol. The van der Waals surface area contributed by atoms with Gasteiger partial charge in [-0.15, -0.1) is 0 Å². The van der Waals surface area contributed by atoms with Crippen molar-refractivity contribution in [2.45, 2.75) is 50.7 Å². The maximum absolute atomic E-state index is 12.2. The van der Waals surface area contributed by atoms with Gasteiger partial charge < -0.3 is 14.6 Å². The Kier molecular flexibility index (Phi) is 5.44. The molecule has 0 atom stereocenters. The number of carbonyl (C=O) groups is 2. The van der Waals surface area contributed by atoms with Crippen molar-refractivity contribution < 1.29 is 24.2 Å². The normalized spacial score (nSPS) is 26.5. The fraction of sp³-hybridized carbons (Fsp3) is 0.474. The van der Waals surface area contributed by atoms with Gasteiger partial charge in [-0.3, -0.25) is 0 Å². The molecule has 0 aromatic heterocycles. The maximum atomic E-state index is 12.2. The van der Waals surface area contributed by atoms with E-state index in [0.717, 1.165) is 5.56 Å². The highest BCUT2D eigenvalue weighted by molar-refractivity contribution is 5.88. The van der Waals surface area contributed by atoms with Gasteiger partial charge in [-0.25, -0.2) is 9.59 Å². The van der Waals surface area contributed by atoms with Gasteiger partial charge in [0.15, 0.2) is 6.61 Å². The van der Waals surface area contributed by atoms with Crippen LogP contribution in [0.1, 0.15) is 45.1 Å². The summed E-state index contributed by atoms with van der Waals surface area (Å²) in [7, 11) is 0. The number of rotatable bonds is 5. The summed E-state index contributed by atoms with van der Waals surface area (Å²) in [5, 5.41) is 10.2. The quantitative estimate of drug-likeness (QED) is 0.663. The predicted octanol–water partition coefficient (Wildman–Crippen LogP) is 2.87. The molecule has 1 aromatic carbocycles. The summed E-state index contributed by atoms with van der Waals surface area (Å²) < 4.78 is 10.6. The number of benzene rings is 1. The summed E-state index contributed by atoms with van der Waals surface area (Å²) in [6, 6.07) is 9.49. The van der Waals surface area contributed by atoms with Gasteiger partial charge >= 0.3 is 11.9 Å². The predicted molar refractivity (Wildman–Crippen MR) is 89.1 cm³/mol. The molecule has 1 N–H and O–H groups in total. The Labute approximate surface area is 142 Å². The van der Waals surface area contributed by atoms with Crippen LogP contribution in [0.15, 0.2) is 42.5 Å². The van der Waals surface area contributed by atoms with Crippen LogP contribution in [0.4, 0.5) is 0 Å². The molecule has 2 rings (SSSR count). The number of carbonyl (C=O) groups excluding carboxylic acids is 2. The van der Waals surface area contributed by atoms with Crippen LogP contribution in [0.2, 0.25) is 0 Å². The van der Waals surface area contributed by atoms with E-state index < -0.39 is 29.7 Å². The molecule has 0 radical (unpaired) electrons. The second kappa shape index (κ2) is 7.18. The lowest BCUT2D eigenvalue weighted by Crippen LogP contribution is -2.43. The Hall–Kier alpha value is -2.14. The van der Waals surface area contributed by atoms with Crippen molar-refractivity contribution in [2.24, 2.45) is 0 Å². The summed E-state index contributed by atoms with van der Waals surface area (Å²) in [5.74, 6) is -1.22. The molecule has 130 valence electrons. The van der Waals surface area contributed by atoms with E-state index in [1.54, 1.807) is 6.92 Å². The summed E-state index contributed by atoms with van der Waals surface area (Å²) in [4.78, 5) is 23.6. The van der Waals surface area contributed by atoms with Crippen molar-refractivity contribution in [1.82, 2.24) is 0 Å². The molecule has 1 aliphatic rings. The molecule has 0 bridgehead atoms. The summed E-state index contributed by atoms with van der Waals surface area (Å²) >= 11 is 0. The maximum Gasteiger partial charge on any atom is 0.345 e. The molecule has 0 unspecified atom stereocenters. The SMILES string of the molecule is C=C(C)C(=O)OCC(=O)OC1(c2ccccc2)CCC(C)(O)CC1. The zero-order valence-corrected chi connectivity index (χ0v) is 14.2. The first-order valence-electron chi connectivity index (χ1n) is 8.06. The fourth-order valence-corrected chi connectivity index (χ4v) is 2.88. The van der Waals surface area contributed by atoms with Gasteiger partial charge in [-0.1, -0.05) is 36.9 Å². The Balaban J connectivity index is 2.11. The van der Waals surface area contributed by atoms with Gasteiger partial charge in [0.05, 0.1) is 5.60 Å². The molecule has 1 fully saturated rings. The zero-order chi connectivity index (χ0) is 17.8. The standard InChI is InChI=1S/C19H24O5/c1-14(2)17(21)23-13-16(20)24-19(15-7-5-4-6-8-15)11-9-18(3,22)10-12-19/h4-8,22H,1,9-13H2,2-3H3. The van der Waals surface area contributed by atoms with E-state index >= 15 is 0 Å². The Morgan fingerprint density at radius 3 is 2.29 bits per heavy atom. The van der Waals surface area contributed by atoms with Crippen molar-refractivity contribution in [3.8, 4) is 0 Å². The Bertz CT molecular complexity index is 608. The fourth-order valence-electron chi connectivity index (χ4n) is 2.88. The van der Waals surface area contributed by atoms with E-state index in [4.69, 9.17) is 9.47 Å². The van der Waals surface area contributed by atoms with Crippen molar-refractivity contribution in [2.75, 3.05) is 6.61 Å².